The van der Waals surface area contributed by atoms with E-state index in [2.05, 4.69) is 15.8 Å². The Kier molecular flexibility index (Phi) is 6.56. The molecule has 0 unspecified atom stereocenters. The molecule has 2 rings (SSSR count). The van der Waals surface area contributed by atoms with Gasteiger partial charge >= 0.3 is 0 Å². The van der Waals surface area contributed by atoms with Gasteiger partial charge in [-0.15, -0.1) is 0 Å². The molecule has 0 atom stereocenters. The van der Waals surface area contributed by atoms with Crippen molar-refractivity contribution < 1.29 is 9.59 Å². The summed E-state index contributed by atoms with van der Waals surface area (Å²) in [5.41, 5.74) is 4.76. The smallest absolute Gasteiger partial charge is 0.271 e. The van der Waals surface area contributed by atoms with Crippen LogP contribution in [0.25, 0.3) is 0 Å². The first-order valence-electron chi connectivity index (χ1n) is 7.51. The zero-order valence-electron chi connectivity index (χ0n) is 13.8. The second-order valence-corrected chi connectivity index (χ2v) is 6.28. The number of hydrogen-bond acceptors (Lipinski definition) is 3. The van der Waals surface area contributed by atoms with Gasteiger partial charge in [0.05, 0.1) is 6.42 Å². The van der Waals surface area contributed by atoms with Gasteiger partial charge in [0.1, 0.15) is 0 Å². The van der Waals surface area contributed by atoms with E-state index in [-0.39, 0.29) is 18.2 Å². The van der Waals surface area contributed by atoms with Crippen LogP contribution in [-0.2, 0) is 4.79 Å². The topological polar surface area (TPSA) is 70.6 Å². The lowest BCUT2D eigenvalue weighted by Gasteiger charge is -2.09. The SMILES string of the molecule is C/C(CC(=O)Nc1cccc(Cl)c1C)=N/NC(=O)c1ccc(Cl)cc1. The zero-order chi connectivity index (χ0) is 18.4. The highest BCUT2D eigenvalue weighted by Crippen LogP contribution is 2.22. The molecule has 0 aliphatic heterocycles. The highest BCUT2D eigenvalue weighted by atomic mass is 35.5. The van der Waals surface area contributed by atoms with Crippen LogP contribution in [0.4, 0.5) is 5.69 Å². The van der Waals surface area contributed by atoms with Gasteiger partial charge in [0.15, 0.2) is 0 Å². The van der Waals surface area contributed by atoms with Crippen molar-refractivity contribution in [2.24, 2.45) is 5.10 Å². The van der Waals surface area contributed by atoms with E-state index in [4.69, 9.17) is 23.2 Å². The molecule has 0 aromatic heterocycles. The van der Waals surface area contributed by atoms with Gasteiger partial charge in [-0.1, -0.05) is 29.3 Å². The standard InChI is InChI=1S/C18H17Cl2N3O2/c1-11(22-23-18(25)13-6-8-14(19)9-7-13)10-17(24)21-16-5-3-4-15(20)12(16)2/h3-9H,10H2,1-2H3,(H,21,24)(H,23,25)/b22-11-. The molecule has 5 nitrogen and oxygen atoms in total. The van der Waals surface area contributed by atoms with Gasteiger partial charge in [0, 0.05) is 27.0 Å². The van der Waals surface area contributed by atoms with E-state index in [1.807, 2.05) is 6.92 Å². The van der Waals surface area contributed by atoms with Gasteiger partial charge in [-0.3, -0.25) is 9.59 Å². The largest absolute Gasteiger partial charge is 0.325 e. The quantitative estimate of drug-likeness (QED) is 0.597. The molecule has 0 radical (unpaired) electrons. The minimum absolute atomic E-state index is 0.0485. The molecule has 0 heterocycles. The van der Waals surface area contributed by atoms with Crippen molar-refractivity contribution >= 4 is 46.4 Å². The first kappa shape index (κ1) is 19.0. The third-order valence-electron chi connectivity index (χ3n) is 3.41. The average molecular weight is 378 g/mol. The van der Waals surface area contributed by atoms with E-state index in [0.717, 1.165) is 5.56 Å². The number of hydrazone groups is 1. The Morgan fingerprint density at radius 1 is 1.08 bits per heavy atom. The first-order chi connectivity index (χ1) is 11.9. The Morgan fingerprint density at radius 3 is 2.44 bits per heavy atom. The number of nitrogens with one attached hydrogen (secondary N) is 2. The molecule has 0 spiro atoms. The number of carbonyl (C=O) groups is 2. The third-order valence-corrected chi connectivity index (χ3v) is 4.07. The van der Waals surface area contributed by atoms with Gasteiger partial charge in [0.2, 0.25) is 5.91 Å². The number of hydrogen-bond donors (Lipinski definition) is 2. The Morgan fingerprint density at radius 2 is 1.76 bits per heavy atom. The Bertz CT molecular complexity index is 818. The molecule has 0 saturated carbocycles. The van der Waals surface area contributed by atoms with E-state index in [1.165, 1.54) is 0 Å². The summed E-state index contributed by atoms with van der Waals surface area (Å²) in [4.78, 5) is 24.0. The van der Waals surface area contributed by atoms with Crippen molar-refractivity contribution in [2.75, 3.05) is 5.32 Å². The fraction of sp³-hybridized carbons (Fsp3) is 0.167. The highest BCUT2D eigenvalue weighted by Gasteiger charge is 2.09. The molecule has 2 amide bonds. The van der Waals surface area contributed by atoms with E-state index in [9.17, 15) is 9.59 Å². The summed E-state index contributed by atoms with van der Waals surface area (Å²) in [6.45, 7) is 3.48. The second kappa shape index (κ2) is 8.65. The molecular formula is C18H17Cl2N3O2. The van der Waals surface area contributed by atoms with Gasteiger partial charge < -0.3 is 5.32 Å². The number of nitrogens with zero attached hydrogens (tertiary/aromatic N) is 1. The lowest BCUT2D eigenvalue weighted by molar-refractivity contribution is -0.115. The molecule has 2 N–H and O–H groups in total. The number of rotatable bonds is 5. The summed E-state index contributed by atoms with van der Waals surface area (Å²) in [5.74, 6) is -0.616. The molecule has 2 aromatic carbocycles. The molecule has 2 aromatic rings. The van der Waals surface area contributed by atoms with E-state index >= 15 is 0 Å². The Hall–Kier alpha value is -2.37. The van der Waals surface area contributed by atoms with Crippen LogP contribution in [0, 0.1) is 6.92 Å². The monoisotopic (exact) mass is 377 g/mol. The molecule has 0 fully saturated rings. The number of halogens is 2. The molecular weight excluding hydrogens is 361 g/mol. The van der Waals surface area contributed by atoms with Crippen molar-refractivity contribution in [1.82, 2.24) is 5.43 Å². The van der Waals surface area contributed by atoms with Gasteiger partial charge in [-0.2, -0.15) is 5.10 Å². The Balaban J connectivity index is 1.92. The van der Waals surface area contributed by atoms with Crippen LogP contribution < -0.4 is 10.7 Å². The number of carbonyl (C=O) groups excluding carboxylic acids is 2. The zero-order valence-corrected chi connectivity index (χ0v) is 15.3. The first-order valence-corrected chi connectivity index (χ1v) is 8.26. The van der Waals surface area contributed by atoms with Crippen LogP contribution in [0.3, 0.4) is 0 Å². The predicted octanol–water partition coefficient (Wildman–Crippen LogP) is 4.44. The maximum atomic E-state index is 12.1. The van der Waals surface area contributed by atoms with Crippen molar-refractivity contribution in [3.05, 3.63) is 63.6 Å². The van der Waals surface area contributed by atoms with Crippen molar-refractivity contribution in [3.63, 3.8) is 0 Å². The van der Waals surface area contributed by atoms with E-state index in [0.29, 0.717) is 27.0 Å². The third kappa shape index (κ3) is 5.59. The molecule has 0 aliphatic carbocycles. The van der Waals surface area contributed by atoms with Gasteiger partial charge in [-0.05, 0) is 55.8 Å². The van der Waals surface area contributed by atoms with E-state index in [1.54, 1.807) is 49.4 Å². The maximum Gasteiger partial charge on any atom is 0.271 e. The fourth-order valence-electron chi connectivity index (χ4n) is 2.02. The number of amides is 2. The van der Waals surface area contributed by atoms with Crippen LogP contribution in [0.1, 0.15) is 29.3 Å². The van der Waals surface area contributed by atoms with Crippen molar-refractivity contribution in [1.29, 1.82) is 0 Å². The van der Waals surface area contributed by atoms with Crippen molar-refractivity contribution in [2.45, 2.75) is 20.3 Å². The second-order valence-electron chi connectivity index (χ2n) is 5.43. The molecule has 0 aliphatic rings. The van der Waals surface area contributed by atoms with Crippen LogP contribution >= 0.6 is 23.2 Å². The molecule has 7 heteroatoms. The molecule has 0 saturated heterocycles. The predicted molar refractivity (Wildman–Crippen MR) is 101 cm³/mol. The van der Waals surface area contributed by atoms with Crippen LogP contribution in [-0.4, -0.2) is 17.5 Å². The van der Waals surface area contributed by atoms with Gasteiger partial charge in [0.25, 0.3) is 5.91 Å². The summed E-state index contributed by atoms with van der Waals surface area (Å²) >= 11 is 11.8. The normalized spacial score (nSPS) is 11.1. The minimum Gasteiger partial charge on any atom is -0.325 e. The summed E-state index contributed by atoms with van der Waals surface area (Å²) in [5, 5.41) is 7.85. The lowest BCUT2D eigenvalue weighted by Crippen LogP contribution is -2.21. The van der Waals surface area contributed by atoms with Gasteiger partial charge in [-0.25, -0.2) is 5.43 Å². The molecule has 25 heavy (non-hydrogen) atoms. The van der Waals surface area contributed by atoms with Crippen LogP contribution in [0.2, 0.25) is 10.0 Å². The van der Waals surface area contributed by atoms with Crippen LogP contribution in [0.5, 0.6) is 0 Å². The van der Waals surface area contributed by atoms with Crippen molar-refractivity contribution in [3.8, 4) is 0 Å². The summed E-state index contributed by atoms with van der Waals surface area (Å²) < 4.78 is 0. The summed E-state index contributed by atoms with van der Waals surface area (Å²) in [6, 6.07) is 11.7. The summed E-state index contributed by atoms with van der Waals surface area (Å²) in [6.07, 6.45) is 0.0485. The molecule has 130 valence electrons. The molecule has 0 bridgehead atoms. The van der Waals surface area contributed by atoms with Crippen LogP contribution in [0.15, 0.2) is 47.6 Å². The van der Waals surface area contributed by atoms with E-state index < -0.39 is 0 Å². The number of benzene rings is 2. The minimum atomic E-state index is -0.373. The summed E-state index contributed by atoms with van der Waals surface area (Å²) in [7, 11) is 0. The highest BCUT2D eigenvalue weighted by molar-refractivity contribution is 6.31. The lowest BCUT2D eigenvalue weighted by atomic mass is 10.2. The number of anilines is 1. The maximum absolute atomic E-state index is 12.1. The fourth-order valence-corrected chi connectivity index (χ4v) is 2.32. The average Bonchev–Trinajstić information content (AvgIpc) is 2.57. The Labute approximate surface area is 156 Å².